The second-order valence-electron chi connectivity index (χ2n) is 9.57. The van der Waals surface area contributed by atoms with E-state index >= 15 is 0 Å². The van der Waals surface area contributed by atoms with E-state index in [0.717, 1.165) is 24.0 Å². The minimum Gasteiger partial charge on any atom is -0.484 e. The normalized spacial score (nSPS) is 18.2. The number of nitrogens with one attached hydrogen (secondary N) is 1. The number of halogens is 3. The number of fused-ring (bicyclic) bond motifs is 1. The molecule has 0 bridgehead atoms. The van der Waals surface area contributed by atoms with Crippen molar-refractivity contribution in [2.75, 3.05) is 11.9 Å². The molecule has 1 aliphatic carbocycles. The molecule has 0 spiro atoms. The van der Waals surface area contributed by atoms with E-state index in [4.69, 9.17) is 14.1 Å². The van der Waals surface area contributed by atoms with E-state index < -0.39 is 18.2 Å². The minimum absolute atomic E-state index is 0. The summed E-state index contributed by atoms with van der Waals surface area (Å²) in [6.07, 6.45) is -2.57. The fourth-order valence-electron chi connectivity index (χ4n) is 4.04. The SMILES string of the molecule is Cc1cc(-c2nnc(N[C@H]3CC[C@H](O)C3)o2)nc2c(C(C)(C)C)cc(OCC(F)(F)F)cc12.S.S. The number of alkyl halides is 3. The number of hydrogen-bond donors (Lipinski definition) is 2. The van der Waals surface area contributed by atoms with Crippen LogP contribution in [0, 0.1) is 6.92 Å². The van der Waals surface area contributed by atoms with E-state index in [-0.39, 0.29) is 56.8 Å². The molecule has 35 heavy (non-hydrogen) atoms. The van der Waals surface area contributed by atoms with Crippen LogP contribution in [0.1, 0.15) is 51.2 Å². The quantitative estimate of drug-likeness (QED) is 0.456. The van der Waals surface area contributed by atoms with Gasteiger partial charge in [0.05, 0.1) is 11.6 Å². The molecule has 1 aromatic carbocycles. The van der Waals surface area contributed by atoms with Gasteiger partial charge >= 0.3 is 12.2 Å². The predicted octanol–water partition coefficient (Wildman–Crippen LogP) is 5.38. The highest BCUT2D eigenvalue weighted by Crippen LogP contribution is 2.36. The number of nitrogens with zero attached hydrogens (tertiary/aromatic N) is 3. The van der Waals surface area contributed by atoms with Gasteiger partial charge in [0.15, 0.2) is 6.61 Å². The number of ether oxygens (including phenoxy) is 1. The number of hydrogen-bond acceptors (Lipinski definition) is 7. The molecule has 0 saturated heterocycles. The molecule has 3 aromatic rings. The van der Waals surface area contributed by atoms with E-state index in [9.17, 15) is 18.3 Å². The fraction of sp³-hybridized carbons (Fsp3) is 0.522. The first-order valence-electron chi connectivity index (χ1n) is 10.8. The van der Waals surface area contributed by atoms with Gasteiger partial charge in [0.25, 0.3) is 5.89 Å². The Morgan fingerprint density at radius 1 is 1.11 bits per heavy atom. The van der Waals surface area contributed by atoms with Crippen molar-refractivity contribution in [1.82, 2.24) is 15.2 Å². The zero-order valence-electron chi connectivity index (χ0n) is 20.0. The molecule has 12 heteroatoms. The number of aliphatic hydroxyl groups excluding tert-OH is 1. The number of pyridine rings is 1. The fourth-order valence-corrected chi connectivity index (χ4v) is 4.04. The van der Waals surface area contributed by atoms with Crippen LogP contribution < -0.4 is 10.1 Å². The average Bonchev–Trinajstić information content (AvgIpc) is 3.34. The summed E-state index contributed by atoms with van der Waals surface area (Å²) in [6, 6.07) is 5.28. The second-order valence-corrected chi connectivity index (χ2v) is 9.57. The highest BCUT2D eigenvalue weighted by molar-refractivity contribution is 7.59. The molecule has 1 saturated carbocycles. The predicted molar refractivity (Wildman–Crippen MR) is 138 cm³/mol. The van der Waals surface area contributed by atoms with Crippen LogP contribution in [0.4, 0.5) is 19.2 Å². The molecule has 2 heterocycles. The summed E-state index contributed by atoms with van der Waals surface area (Å²) in [6.45, 7) is 6.38. The molecule has 0 radical (unpaired) electrons. The third-order valence-corrected chi connectivity index (χ3v) is 5.68. The molecule has 7 nitrogen and oxygen atoms in total. The van der Waals surface area contributed by atoms with Gasteiger partial charge in [0, 0.05) is 11.4 Å². The van der Waals surface area contributed by atoms with E-state index in [1.54, 1.807) is 18.2 Å². The Bertz CT molecular complexity index is 1170. The van der Waals surface area contributed by atoms with Crippen molar-refractivity contribution >= 4 is 43.9 Å². The van der Waals surface area contributed by atoms with Crippen LogP contribution in [-0.2, 0) is 5.41 Å². The van der Waals surface area contributed by atoms with Gasteiger partial charge in [0.1, 0.15) is 11.4 Å². The summed E-state index contributed by atoms with van der Waals surface area (Å²) >= 11 is 0. The summed E-state index contributed by atoms with van der Waals surface area (Å²) in [5, 5.41) is 21.7. The maximum Gasteiger partial charge on any atom is 0.422 e. The van der Waals surface area contributed by atoms with Crippen molar-refractivity contribution in [3.05, 3.63) is 29.3 Å². The Morgan fingerprint density at radius 2 is 1.83 bits per heavy atom. The van der Waals surface area contributed by atoms with E-state index in [1.165, 1.54) is 0 Å². The molecular weight excluding hydrogens is 501 g/mol. The molecular formula is C23H31F3N4O3S2. The summed E-state index contributed by atoms with van der Waals surface area (Å²) < 4.78 is 48.8. The molecule has 2 aromatic heterocycles. The summed E-state index contributed by atoms with van der Waals surface area (Å²) in [5.74, 6) is 0.378. The largest absolute Gasteiger partial charge is 0.484 e. The first-order chi connectivity index (χ1) is 15.4. The van der Waals surface area contributed by atoms with Crippen molar-refractivity contribution < 1.29 is 27.4 Å². The highest BCUT2D eigenvalue weighted by Gasteiger charge is 2.29. The van der Waals surface area contributed by atoms with Gasteiger partial charge in [0.2, 0.25) is 0 Å². The average molecular weight is 533 g/mol. The number of rotatable bonds is 5. The van der Waals surface area contributed by atoms with E-state index in [2.05, 4.69) is 15.5 Å². The summed E-state index contributed by atoms with van der Waals surface area (Å²) in [4.78, 5) is 4.74. The first-order valence-corrected chi connectivity index (χ1v) is 10.8. The van der Waals surface area contributed by atoms with Gasteiger partial charge in [-0.15, -0.1) is 5.10 Å². The second kappa shape index (κ2) is 10.8. The van der Waals surface area contributed by atoms with Gasteiger partial charge in [-0.3, -0.25) is 0 Å². The van der Waals surface area contributed by atoms with Gasteiger partial charge in [-0.2, -0.15) is 40.2 Å². The van der Waals surface area contributed by atoms with Crippen molar-refractivity contribution in [2.24, 2.45) is 0 Å². The molecule has 0 aliphatic heterocycles. The van der Waals surface area contributed by atoms with Crippen molar-refractivity contribution in [3.63, 3.8) is 0 Å². The topological polar surface area (TPSA) is 93.3 Å². The Kier molecular flexibility index (Phi) is 8.99. The number of anilines is 1. The van der Waals surface area contributed by atoms with E-state index in [1.807, 2.05) is 27.7 Å². The molecule has 194 valence electrons. The van der Waals surface area contributed by atoms with Crippen LogP contribution in [0.15, 0.2) is 22.6 Å². The molecule has 2 atom stereocenters. The van der Waals surface area contributed by atoms with E-state index in [0.29, 0.717) is 23.0 Å². The number of benzene rings is 1. The molecule has 2 N–H and O–H groups in total. The third-order valence-electron chi connectivity index (χ3n) is 5.68. The summed E-state index contributed by atoms with van der Waals surface area (Å²) in [5.41, 5.74) is 2.26. The van der Waals surface area contributed by atoms with Gasteiger partial charge in [-0.05, 0) is 60.9 Å². The number of aromatic nitrogens is 3. The molecule has 0 unspecified atom stereocenters. The van der Waals surface area contributed by atoms with Crippen LogP contribution in [0.25, 0.3) is 22.5 Å². The highest BCUT2D eigenvalue weighted by atomic mass is 32.1. The third kappa shape index (κ3) is 6.95. The Labute approximate surface area is 215 Å². The number of aliphatic hydroxyl groups is 1. The zero-order chi connectivity index (χ0) is 24.0. The van der Waals surface area contributed by atoms with Gasteiger partial charge < -0.3 is 19.6 Å². The maximum atomic E-state index is 12.7. The smallest absolute Gasteiger partial charge is 0.422 e. The first kappa shape index (κ1) is 29.1. The molecule has 4 rings (SSSR count). The lowest BCUT2D eigenvalue weighted by Crippen LogP contribution is -2.20. The monoisotopic (exact) mass is 532 g/mol. The Hall–Kier alpha value is -2.18. The van der Waals surface area contributed by atoms with Gasteiger partial charge in [-0.25, -0.2) is 4.98 Å². The lowest BCUT2D eigenvalue weighted by atomic mass is 9.84. The summed E-state index contributed by atoms with van der Waals surface area (Å²) in [7, 11) is 0. The molecule has 1 fully saturated rings. The zero-order valence-corrected chi connectivity index (χ0v) is 22.0. The van der Waals surface area contributed by atoms with Crippen molar-refractivity contribution in [2.45, 2.75) is 70.7 Å². The van der Waals surface area contributed by atoms with Crippen LogP contribution in [0.5, 0.6) is 5.75 Å². The standard InChI is InChI=1S/C23H27F3N4O3.2H2S/c1-12-7-18(20-29-30-21(33-20)27-13-5-6-14(31)8-13)28-19-16(12)9-15(32-11-23(24,25)26)10-17(19)22(2,3)4;;/h7,9-10,13-14,31H,5-6,8,11H2,1-4H3,(H,27,30);2*1H2/t13-,14-;;/m0../s1. The lowest BCUT2D eigenvalue weighted by Gasteiger charge is -2.23. The van der Waals surface area contributed by atoms with Crippen LogP contribution >= 0.6 is 27.0 Å². The molecule has 1 aliphatic rings. The minimum atomic E-state index is -4.42. The Morgan fingerprint density at radius 3 is 2.43 bits per heavy atom. The van der Waals surface area contributed by atoms with Crippen molar-refractivity contribution in [1.29, 1.82) is 0 Å². The van der Waals surface area contributed by atoms with Crippen LogP contribution in [-0.4, -0.2) is 45.2 Å². The van der Waals surface area contributed by atoms with Crippen molar-refractivity contribution in [3.8, 4) is 17.3 Å². The maximum absolute atomic E-state index is 12.7. The van der Waals surface area contributed by atoms with Crippen LogP contribution in [0.2, 0.25) is 0 Å². The molecule has 0 amide bonds. The number of aryl methyl sites for hydroxylation is 1. The van der Waals surface area contributed by atoms with Gasteiger partial charge in [-0.1, -0.05) is 25.9 Å². The van der Waals surface area contributed by atoms with Crippen LogP contribution in [0.3, 0.4) is 0 Å². The Balaban J connectivity index is 0.00000216. The lowest BCUT2D eigenvalue weighted by molar-refractivity contribution is -0.153.